The van der Waals surface area contributed by atoms with Crippen molar-refractivity contribution in [3.05, 3.63) is 58.1 Å². The normalized spacial score (nSPS) is 11.8. The highest BCUT2D eigenvalue weighted by Crippen LogP contribution is 2.31. The Kier molecular flexibility index (Phi) is 5.02. The minimum absolute atomic E-state index is 0.0784. The summed E-state index contributed by atoms with van der Waals surface area (Å²) in [5.74, 6) is 1.12. The van der Waals surface area contributed by atoms with Crippen molar-refractivity contribution in [2.24, 2.45) is 0 Å². The molecule has 1 unspecified atom stereocenters. The lowest BCUT2D eigenvalue weighted by molar-refractivity contribution is 0.0966. The lowest BCUT2D eigenvalue weighted by Crippen LogP contribution is -2.09. The van der Waals surface area contributed by atoms with E-state index in [-0.39, 0.29) is 11.7 Å². The molecular formula is C17H17BrO3. The molecule has 0 radical (unpaired) electrons. The van der Waals surface area contributed by atoms with E-state index in [9.17, 15) is 4.79 Å². The molecular weight excluding hydrogens is 332 g/mol. The van der Waals surface area contributed by atoms with Gasteiger partial charge < -0.3 is 9.47 Å². The van der Waals surface area contributed by atoms with Gasteiger partial charge >= 0.3 is 0 Å². The van der Waals surface area contributed by atoms with Crippen LogP contribution in [0.3, 0.4) is 0 Å². The molecule has 4 heteroatoms. The second-order valence-electron chi connectivity index (χ2n) is 4.71. The first kappa shape index (κ1) is 15.6. The number of carbonyl (C=O) groups is 1. The third kappa shape index (κ3) is 3.45. The van der Waals surface area contributed by atoms with Crippen LogP contribution >= 0.6 is 15.9 Å². The summed E-state index contributed by atoms with van der Waals surface area (Å²) >= 11 is 3.37. The van der Waals surface area contributed by atoms with Gasteiger partial charge in [0.25, 0.3) is 0 Å². The average Bonchev–Trinajstić information content (AvgIpc) is 2.53. The first-order valence-corrected chi connectivity index (χ1v) is 7.37. The monoisotopic (exact) mass is 348 g/mol. The van der Waals surface area contributed by atoms with Crippen LogP contribution in [0, 0.1) is 0 Å². The van der Waals surface area contributed by atoms with Crippen molar-refractivity contribution in [1.29, 1.82) is 0 Å². The average molecular weight is 349 g/mol. The van der Waals surface area contributed by atoms with Gasteiger partial charge in [0.15, 0.2) is 17.3 Å². The zero-order valence-corrected chi connectivity index (χ0v) is 13.8. The third-order valence-electron chi connectivity index (χ3n) is 3.43. The Labute approximate surface area is 133 Å². The predicted molar refractivity (Wildman–Crippen MR) is 86.4 cm³/mol. The van der Waals surface area contributed by atoms with Gasteiger partial charge in [0.05, 0.1) is 14.2 Å². The van der Waals surface area contributed by atoms with Gasteiger partial charge in [-0.25, -0.2) is 0 Å². The van der Waals surface area contributed by atoms with Gasteiger partial charge in [-0.2, -0.15) is 0 Å². The van der Waals surface area contributed by atoms with Crippen molar-refractivity contribution in [3.8, 4) is 11.5 Å². The van der Waals surface area contributed by atoms with Gasteiger partial charge in [-0.3, -0.25) is 4.79 Å². The fraction of sp³-hybridized carbons (Fsp3) is 0.235. The summed E-state index contributed by atoms with van der Waals surface area (Å²) in [6.07, 6.45) is 0. The van der Waals surface area contributed by atoms with Gasteiger partial charge in [-0.1, -0.05) is 41.1 Å². The van der Waals surface area contributed by atoms with E-state index >= 15 is 0 Å². The predicted octanol–water partition coefficient (Wildman–Crippen LogP) is 4.45. The quantitative estimate of drug-likeness (QED) is 0.748. The van der Waals surface area contributed by atoms with E-state index in [1.54, 1.807) is 14.2 Å². The SMILES string of the molecule is COc1ccc(C(C)C(=O)c2ccc(Br)cc2)cc1OC. The van der Waals surface area contributed by atoms with E-state index in [0.29, 0.717) is 17.1 Å². The summed E-state index contributed by atoms with van der Waals surface area (Å²) in [4.78, 5) is 12.5. The molecule has 0 amide bonds. The summed E-state index contributed by atoms with van der Waals surface area (Å²) in [6.45, 7) is 1.89. The van der Waals surface area contributed by atoms with Crippen LogP contribution in [0.25, 0.3) is 0 Å². The van der Waals surface area contributed by atoms with Gasteiger partial charge in [0, 0.05) is 16.0 Å². The molecule has 0 heterocycles. The smallest absolute Gasteiger partial charge is 0.170 e. The molecule has 0 bridgehead atoms. The minimum atomic E-state index is -0.244. The molecule has 2 aromatic rings. The van der Waals surface area contributed by atoms with Gasteiger partial charge in [-0.05, 0) is 29.8 Å². The Bertz CT molecular complexity index is 635. The van der Waals surface area contributed by atoms with Gasteiger partial charge in [-0.15, -0.1) is 0 Å². The van der Waals surface area contributed by atoms with Crippen LogP contribution in [0.2, 0.25) is 0 Å². The van der Waals surface area contributed by atoms with Crippen molar-refractivity contribution in [2.75, 3.05) is 14.2 Å². The van der Waals surface area contributed by atoms with Crippen molar-refractivity contribution >= 4 is 21.7 Å². The molecule has 21 heavy (non-hydrogen) atoms. The summed E-state index contributed by atoms with van der Waals surface area (Å²) in [5, 5.41) is 0. The molecule has 110 valence electrons. The summed E-state index contributed by atoms with van der Waals surface area (Å²) in [7, 11) is 3.18. The van der Waals surface area contributed by atoms with Crippen molar-refractivity contribution < 1.29 is 14.3 Å². The molecule has 0 N–H and O–H groups in total. The molecule has 0 saturated carbocycles. The standard InChI is InChI=1S/C17H17BrO3/c1-11(17(19)12-4-7-14(18)8-5-12)13-6-9-15(20-2)16(10-13)21-3/h4-11H,1-3H3. The van der Waals surface area contributed by atoms with E-state index in [1.807, 2.05) is 49.4 Å². The minimum Gasteiger partial charge on any atom is -0.493 e. The number of benzene rings is 2. The van der Waals surface area contributed by atoms with Crippen LogP contribution in [0.4, 0.5) is 0 Å². The first-order chi connectivity index (χ1) is 10.1. The maximum atomic E-state index is 12.5. The third-order valence-corrected chi connectivity index (χ3v) is 3.96. The molecule has 0 aromatic heterocycles. The molecule has 0 spiro atoms. The number of Topliss-reactive ketones (excluding diaryl/α,β-unsaturated/α-hetero) is 1. The highest BCUT2D eigenvalue weighted by Gasteiger charge is 2.18. The number of rotatable bonds is 5. The second kappa shape index (κ2) is 6.76. The number of ether oxygens (including phenoxy) is 2. The van der Waals surface area contributed by atoms with Crippen molar-refractivity contribution in [3.63, 3.8) is 0 Å². The Morgan fingerprint density at radius 3 is 2.19 bits per heavy atom. The molecule has 0 aliphatic rings. The van der Waals surface area contributed by atoms with Crippen LogP contribution < -0.4 is 9.47 Å². The van der Waals surface area contributed by atoms with Gasteiger partial charge in [0.1, 0.15) is 0 Å². The molecule has 3 nitrogen and oxygen atoms in total. The summed E-state index contributed by atoms with van der Waals surface area (Å²) in [6, 6.07) is 12.9. The van der Waals surface area contributed by atoms with E-state index < -0.39 is 0 Å². The van der Waals surface area contributed by atoms with Crippen LogP contribution in [-0.2, 0) is 0 Å². The zero-order valence-electron chi connectivity index (χ0n) is 12.2. The number of methoxy groups -OCH3 is 2. The van der Waals surface area contributed by atoms with Crippen LogP contribution in [0.15, 0.2) is 46.9 Å². The fourth-order valence-corrected chi connectivity index (χ4v) is 2.40. The highest BCUT2D eigenvalue weighted by atomic mass is 79.9. The maximum absolute atomic E-state index is 12.5. The second-order valence-corrected chi connectivity index (χ2v) is 5.62. The van der Waals surface area contributed by atoms with E-state index in [2.05, 4.69) is 15.9 Å². The Morgan fingerprint density at radius 1 is 1.00 bits per heavy atom. The van der Waals surface area contributed by atoms with Crippen molar-refractivity contribution in [1.82, 2.24) is 0 Å². The molecule has 1 atom stereocenters. The van der Waals surface area contributed by atoms with E-state index in [4.69, 9.17) is 9.47 Å². The van der Waals surface area contributed by atoms with Crippen LogP contribution in [-0.4, -0.2) is 20.0 Å². The lowest BCUT2D eigenvalue weighted by atomic mass is 9.92. The molecule has 0 aliphatic heterocycles. The van der Waals surface area contributed by atoms with Crippen LogP contribution in [0.1, 0.15) is 28.8 Å². The first-order valence-electron chi connectivity index (χ1n) is 6.58. The number of halogens is 1. The topological polar surface area (TPSA) is 35.5 Å². The van der Waals surface area contributed by atoms with Gasteiger partial charge in [0.2, 0.25) is 0 Å². The van der Waals surface area contributed by atoms with Crippen molar-refractivity contribution in [2.45, 2.75) is 12.8 Å². The Hall–Kier alpha value is -1.81. The summed E-state index contributed by atoms with van der Waals surface area (Å²) < 4.78 is 11.5. The molecule has 2 rings (SSSR count). The number of ketones is 1. The molecule has 0 fully saturated rings. The molecule has 2 aromatic carbocycles. The van der Waals surface area contributed by atoms with Crippen LogP contribution in [0.5, 0.6) is 11.5 Å². The maximum Gasteiger partial charge on any atom is 0.170 e. The number of hydrogen-bond acceptors (Lipinski definition) is 3. The summed E-state index contributed by atoms with van der Waals surface area (Å²) in [5.41, 5.74) is 1.60. The zero-order chi connectivity index (χ0) is 15.4. The Morgan fingerprint density at radius 2 is 1.62 bits per heavy atom. The molecule has 0 aliphatic carbocycles. The fourth-order valence-electron chi connectivity index (χ4n) is 2.14. The van der Waals surface area contributed by atoms with E-state index in [0.717, 1.165) is 10.0 Å². The molecule has 0 saturated heterocycles. The number of carbonyl (C=O) groups excluding carboxylic acids is 1. The lowest BCUT2D eigenvalue weighted by Gasteiger charge is -2.14. The largest absolute Gasteiger partial charge is 0.493 e. The highest BCUT2D eigenvalue weighted by molar-refractivity contribution is 9.10. The number of hydrogen-bond donors (Lipinski definition) is 0. The Balaban J connectivity index is 2.28. The van der Waals surface area contributed by atoms with E-state index in [1.165, 1.54) is 0 Å².